The molecule has 1 aliphatic carbocycles. The van der Waals surface area contributed by atoms with E-state index in [0.717, 1.165) is 12.8 Å². The van der Waals surface area contributed by atoms with Gasteiger partial charge in [0.05, 0.1) is 10.6 Å². The molecular weight excluding hydrogens is 296 g/mol. The molecule has 1 saturated carbocycles. The van der Waals surface area contributed by atoms with E-state index in [0.29, 0.717) is 0 Å². The molecule has 2 rings (SSSR count). The Balaban J connectivity index is 2.33. The van der Waals surface area contributed by atoms with E-state index in [2.05, 4.69) is 4.98 Å². The zero-order valence-electron chi connectivity index (χ0n) is 12.1. The second-order valence-electron chi connectivity index (χ2n) is 5.91. The Morgan fingerprint density at radius 2 is 2.05 bits per heavy atom. The average molecular weight is 313 g/mol. The highest BCUT2D eigenvalue weighted by Crippen LogP contribution is 2.33. The van der Waals surface area contributed by atoms with Crippen LogP contribution < -0.4 is 4.90 Å². The summed E-state index contributed by atoms with van der Waals surface area (Å²) in [6.07, 6.45) is 2.38. The first kappa shape index (κ1) is 15.6. The van der Waals surface area contributed by atoms with Gasteiger partial charge in [0.1, 0.15) is 11.4 Å². The molecule has 0 bridgehead atoms. The van der Waals surface area contributed by atoms with Crippen molar-refractivity contribution in [2.24, 2.45) is 0 Å². The third-order valence-corrected chi connectivity index (χ3v) is 3.12. The number of nitrogens with zero attached hydrogens (tertiary/aromatic N) is 2. The van der Waals surface area contributed by atoms with Crippen molar-refractivity contribution < 1.29 is 19.4 Å². The first-order valence-corrected chi connectivity index (χ1v) is 6.98. The van der Waals surface area contributed by atoms with E-state index in [-0.39, 0.29) is 22.4 Å². The van der Waals surface area contributed by atoms with Gasteiger partial charge in [0, 0.05) is 12.2 Å². The monoisotopic (exact) mass is 312 g/mol. The topological polar surface area (TPSA) is 79.7 Å². The standard InChI is InChI=1S/C14H17ClN2O4/c1-14(2,3)21-13(20)17(8-4-5-8)11-6-9(12(18)19)10(15)7-16-11/h6-8H,4-5H2,1-3H3,(H,18,19). The highest BCUT2D eigenvalue weighted by atomic mass is 35.5. The Morgan fingerprint density at radius 1 is 1.43 bits per heavy atom. The number of hydrogen-bond donors (Lipinski definition) is 1. The summed E-state index contributed by atoms with van der Waals surface area (Å²) in [6, 6.07) is 1.29. The number of pyridine rings is 1. The molecule has 1 amide bonds. The molecule has 0 unspecified atom stereocenters. The summed E-state index contributed by atoms with van der Waals surface area (Å²) < 4.78 is 5.35. The van der Waals surface area contributed by atoms with Crippen LogP contribution in [0.5, 0.6) is 0 Å². The van der Waals surface area contributed by atoms with Gasteiger partial charge in [-0.05, 0) is 39.7 Å². The first-order chi connectivity index (χ1) is 9.69. The molecule has 0 aromatic carbocycles. The number of aromatic nitrogens is 1. The zero-order chi connectivity index (χ0) is 15.8. The van der Waals surface area contributed by atoms with Gasteiger partial charge in [-0.1, -0.05) is 11.6 Å². The molecule has 1 aliphatic rings. The molecule has 0 atom stereocenters. The molecule has 1 N–H and O–H groups in total. The summed E-state index contributed by atoms with van der Waals surface area (Å²) in [4.78, 5) is 28.9. The van der Waals surface area contributed by atoms with Crippen LogP contribution in [0.1, 0.15) is 44.0 Å². The highest BCUT2D eigenvalue weighted by molar-refractivity contribution is 6.33. The molecule has 1 aromatic heterocycles. The maximum absolute atomic E-state index is 12.3. The van der Waals surface area contributed by atoms with Crippen LogP contribution in [0.15, 0.2) is 12.3 Å². The fraction of sp³-hybridized carbons (Fsp3) is 0.500. The summed E-state index contributed by atoms with van der Waals surface area (Å²) in [5.74, 6) is -0.919. The van der Waals surface area contributed by atoms with Crippen LogP contribution in [0.4, 0.5) is 10.6 Å². The molecule has 21 heavy (non-hydrogen) atoms. The van der Waals surface area contributed by atoms with Crippen molar-refractivity contribution in [2.75, 3.05) is 4.90 Å². The molecular formula is C14H17ClN2O4. The van der Waals surface area contributed by atoms with Crippen LogP contribution in [0.25, 0.3) is 0 Å². The minimum absolute atomic E-state index is 0.00447. The molecule has 1 aromatic rings. The van der Waals surface area contributed by atoms with Gasteiger partial charge in [-0.3, -0.25) is 4.90 Å². The van der Waals surface area contributed by atoms with Gasteiger partial charge in [-0.25, -0.2) is 14.6 Å². The predicted octanol–water partition coefficient (Wildman–Crippen LogP) is 3.34. The predicted molar refractivity (Wildman–Crippen MR) is 77.9 cm³/mol. The van der Waals surface area contributed by atoms with Crippen molar-refractivity contribution in [1.82, 2.24) is 4.98 Å². The SMILES string of the molecule is CC(C)(C)OC(=O)N(c1cc(C(=O)O)c(Cl)cn1)C1CC1. The van der Waals surface area contributed by atoms with Crippen LogP contribution in [-0.2, 0) is 4.74 Å². The fourth-order valence-corrected chi connectivity index (χ4v) is 1.98. The third kappa shape index (κ3) is 3.85. The van der Waals surface area contributed by atoms with E-state index < -0.39 is 17.7 Å². The van der Waals surface area contributed by atoms with E-state index in [1.807, 2.05) is 0 Å². The fourth-order valence-electron chi connectivity index (χ4n) is 1.80. The maximum atomic E-state index is 12.3. The lowest BCUT2D eigenvalue weighted by Gasteiger charge is -2.26. The van der Waals surface area contributed by atoms with E-state index >= 15 is 0 Å². The van der Waals surface area contributed by atoms with Crippen molar-refractivity contribution in [3.8, 4) is 0 Å². The Kier molecular flexibility index (Phi) is 4.09. The lowest BCUT2D eigenvalue weighted by atomic mass is 10.2. The van der Waals surface area contributed by atoms with Crippen LogP contribution in [0.2, 0.25) is 5.02 Å². The van der Waals surface area contributed by atoms with Crippen LogP contribution in [0, 0.1) is 0 Å². The zero-order valence-corrected chi connectivity index (χ0v) is 12.8. The second-order valence-corrected chi connectivity index (χ2v) is 6.32. The number of halogens is 1. The summed E-state index contributed by atoms with van der Waals surface area (Å²) >= 11 is 5.80. The molecule has 1 fully saturated rings. The summed E-state index contributed by atoms with van der Waals surface area (Å²) in [6.45, 7) is 5.32. The number of rotatable bonds is 3. The van der Waals surface area contributed by atoms with Gasteiger partial charge in [-0.2, -0.15) is 0 Å². The Morgan fingerprint density at radius 3 is 2.52 bits per heavy atom. The number of aromatic carboxylic acids is 1. The van der Waals surface area contributed by atoms with Crippen molar-refractivity contribution in [1.29, 1.82) is 0 Å². The third-order valence-electron chi connectivity index (χ3n) is 2.82. The lowest BCUT2D eigenvalue weighted by molar-refractivity contribution is 0.0574. The number of anilines is 1. The summed E-state index contributed by atoms with van der Waals surface area (Å²) in [5, 5.41) is 9.14. The number of carbonyl (C=O) groups is 2. The Bertz CT molecular complexity index is 579. The average Bonchev–Trinajstić information content (AvgIpc) is 3.13. The number of carboxylic acid groups (broad SMARTS) is 1. The molecule has 1 heterocycles. The summed E-state index contributed by atoms with van der Waals surface area (Å²) in [5.41, 5.74) is -0.720. The van der Waals surface area contributed by atoms with Gasteiger partial charge in [-0.15, -0.1) is 0 Å². The van der Waals surface area contributed by atoms with Crippen molar-refractivity contribution in [2.45, 2.75) is 45.3 Å². The molecule has 0 spiro atoms. The van der Waals surface area contributed by atoms with Gasteiger partial charge in [0.25, 0.3) is 0 Å². The molecule has 7 heteroatoms. The van der Waals surface area contributed by atoms with Crippen molar-refractivity contribution in [3.05, 3.63) is 22.8 Å². The van der Waals surface area contributed by atoms with Gasteiger partial charge >= 0.3 is 12.1 Å². The molecule has 0 saturated heterocycles. The number of amides is 1. The van der Waals surface area contributed by atoms with E-state index in [1.54, 1.807) is 20.8 Å². The number of carbonyl (C=O) groups excluding carboxylic acids is 1. The molecule has 114 valence electrons. The molecule has 0 aliphatic heterocycles. The van der Waals surface area contributed by atoms with Crippen LogP contribution >= 0.6 is 11.6 Å². The summed E-state index contributed by atoms with van der Waals surface area (Å²) in [7, 11) is 0. The number of ether oxygens (including phenoxy) is 1. The van der Waals surface area contributed by atoms with E-state index in [9.17, 15) is 9.59 Å². The van der Waals surface area contributed by atoms with Gasteiger partial charge in [0.2, 0.25) is 0 Å². The lowest BCUT2D eigenvalue weighted by Crippen LogP contribution is -2.39. The van der Waals surface area contributed by atoms with E-state index in [1.165, 1.54) is 17.2 Å². The largest absolute Gasteiger partial charge is 0.478 e. The van der Waals surface area contributed by atoms with Crippen LogP contribution in [0.3, 0.4) is 0 Å². The normalized spacial score (nSPS) is 14.7. The Hall–Kier alpha value is -1.82. The first-order valence-electron chi connectivity index (χ1n) is 6.60. The smallest absolute Gasteiger partial charge is 0.416 e. The quantitative estimate of drug-likeness (QED) is 0.926. The second kappa shape index (κ2) is 5.52. The van der Waals surface area contributed by atoms with Crippen molar-refractivity contribution in [3.63, 3.8) is 0 Å². The Labute approximate surface area is 127 Å². The van der Waals surface area contributed by atoms with Crippen molar-refractivity contribution >= 4 is 29.5 Å². The minimum Gasteiger partial charge on any atom is -0.478 e. The molecule has 6 nitrogen and oxygen atoms in total. The maximum Gasteiger partial charge on any atom is 0.416 e. The van der Waals surface area contributed by atoms with Crippen LogP contribution in [-0.4, -0.2) is 33.8 Å². The highest BCUT2D eigenvalue weighted by Gasteiger charge is 2.37. The minimum atomic E-state index is -1.16. The van der Waals surface area contributed by atoms with Gasteiger partial charge < -0.3 is 9.84 Å². The van der Waals surface area contributed by atoms with Gasteiger partial charge in [0.15, 0.2) is 0 Å². The number of carboxylic acids is 1. The molecule has 0 radical (unpaired) electrons. The number of hydrogen-bond acceptors (Lipinski definition) is 4. The van der Waals surface area contributed by atoms with E-state index in [4.69, 9.17) is 21.4 Å².